The fourth-order valence-corrected chi connectivity index (χ4v) is 10.4. The van der Waals surface area contributed by atoms with Crippen LogP contribution in [0.2, 0.25) is 0 Å². The molecular formula is C53H48O2S2+2. The van der Waals surface area contributed by atoms with Gasteiger partial charge in [0.25, 0.3) is 0 Å². The van der Waals surface area contributed by atoms with Crippen LogP contribution in [-0.2, 0) is 27.2 Å². The molecule has 0 heterocycles. The first kappa shape index (κ1) is 39.3. The van der Waals surface area contributed by atoms with Gasteiger partial charge in [-0.25, -0.2) is 0 Å². The topological polar surface area (TPSA) is 18.5 Å². The maximum atomic E-state index is 6.10. The van der Waals surface area contributed by atoms with Crippen molar-refractivity contribution in [3.05, 3.63) is 230 Å². The summed E-state index contributed by atoms with van der Waals surface area (Å²) in [6.07, 6.45) is 0. The molecule has 0 aliphatic carbocycles. The Morgan fingerprint density at radius 1 is 0.298 bits per heavy atom. The molecule has 4 heteroatoms. The third kappa shape index (κ3) is 10.7. The molecule has 0 saturated carbocycles. The summed E-state index contributed by atoms with van der Waals surface area (Å²) in [5.41, 5.74) is 2.73. The number of rotatable bonds is 10. The van der Waals surface area contributed by atoms with Crippen molar-refractivity contribution in [2.75, 3.05) is 0 Å². The van der Waals surface area contributed by atoms with E-state index in [4.69, 9.17) is 9.47 Å². The van der Waals surface area contributed by atoms with Crippen LogP contribution in [0.1, 0.15) is 31.9 Å². The van der Waals surface area contributed by atoms with E-state index in [-0.39, 0.29) is 27.2 Å². The lowest BCUT2D eigenvalue weighted by atomic mass is 9.87. The Hall–Kier alpha value is -5.94. The molecule has 0 aliphatic rings. The number of benzene rings is 8. The molecule has 0 spiro atoms. The van der Waals surface area contributed by atoms with Crippen molar-refractivity contribution in [2.24, 2.45) is 0 Å². The van der Waals surface area contributed by atoms with Gasteiger partial charge in [0.1, 0.15) is 23.0 Å². The van der Waals surface area contributed by atoms with E-state index in [9.17, 15) is 0 Å². The van der Waals surface area contributed by atoms with Crippen LogP contribution in [0.3, 0.4) is 0 Å². The highest BCUT2D eigenvalue weighted by Gasteiger charge is 2.29. The fraction of sp³-hybridized carbons (Fsp3) is 0.0943. The third-order valence-electron chi connectivity index (χ3n) is 9.25. The molecule has 282 valence electrons. The maximum absolute atomic E-state index is 6.10. The molecule has 0 bridgehead atoms. The molecule has 0 radical (unpaired) electrons. The molecule has 0 aromatic heterocycles. The lowest BCUT2D eigenvalue weighted by Gasteiger charge is -2.19. The van der Waals surface area contributed by atoms with E-state index in [2.05, 4.69) is 204 Å². The monoisotopic (exact) mass is 780 g/mol. The summed E-state index contributed by atoms with van der Waals surface area (Å²) in [6.45, 7) is 8.79. The largest absolute Gasteiger partial charge is 0.457 e. The minimum Gasteiger partial charge on any atom is -0.457 e. The average molecular weight is 781 g/mol. The van der Waals surface area contributed by atoms with Crippen molar-refractivity contribution < 1.29 is 9.47 Å². The second-order valence-corrected chi connectivity index (χ2v) is 18.7. The van der Waals surface area contributed by atoms with E-state index in [1.54, 1.807) is 0 Å². The van der Waals surface area contributed by atoms with Gasteiger partial charge in [-0.2, -0.15) is 0 Å². The highest BCUT2D eigenvalue weighted by molar-refractivity contribution is 7.97. The number of hydrogen-bond donors (Lipinski definition) is 0. The minimum absolute atomic E-state index is 0.133. The van der Waals surface area contributed by atoms with Crippen molar-refractivity contribution >= 4 is 21.8 Å². The van der Waals surface area contributed by atoms with Crippen LogP contribution in [0.25, 0.3) is 0 Å². The molecular weight excluding hydrogens is 733 g/mol. The van der Waals surface area contributed by atoms with Gasteiger partial charge in [0, 0.05) is 0 Å². The van der Waals surface area contributed by atoms with Crippen molar-refractivity contribution in [1.29, 1.82) is 0 Å². The van der Waals surface area contributed by atoms with E-state index in [1.807, 2.05) is 42.5 Å². The third-order valence-corrected chi connectivity index (χ3v) is 13.7. The van der Waals surface area contributed by atoms with Gasteiger partial charge < -0.3 is 9.47 Å². The molecule has 2 nitrogen and oxygen atoms in total. The van der Waals surface area contributed by atoms with Crippen molar-refractivity contribution in [3.63, 3.8) is 0 Å². The van der Waals surface area contributed by atoms with Gasteiger partial charge in [0.2, 0.25) is 0 Å². The summed E-state index contributed by atoms with van der Waals surface area (Å²) in [7, 11) is -0.271. The molecule has 0 saturated heterocycles. The summed E-state index contributed by atoms with van der Waals surface area (Å²) in [5, 5.41) is 0. The Morgan fingerprint density at radius 3 is 0.895 bits per heavy atom. The predicted molar refractivity (Wildman–Crippen MR) is 239 cm³/mol. The van der Waals surface area contributed by atoms with Crippen LogP contribution in [-0.4, -0.2) is 0 Å². The predicted octanol–water partition coefficient (Wildman–Crippen LogP) is 14.8. The Bertz CT molecular complexity index is 2350. The molecule has 1 unspecified atom stereocenters. The van der Waals surface area contributed by atoms with Crippen molar-refractivity contribution in [1.82, 2.24) is 0 Å². The average Bonchev–Trinajstić information content (AvgIpc) is 3.25. The standard InChI is InChI=1S/C28H27OS.C25H21OS/c1-28(2,3)22-14-16-23(17-15-22)29-24-18-20-27(21-19-24)30(25-10-6-4-7-11-25)26-12-8-5-9-13-26;1-20-12-16-24(17-13-20)27(23-10-6-3-7-11-23)25-18-14-22(15-19-25)26-21-8-4-2-5-9-21/h4-21H,1-3H3;2-19H,1H3/q2*+1. The van der Waals surface area contributed by atoms with Gasteiger partial charge >= 0.3 is 0 Å². The SMILES string of the molecule is CC(C)(C)c1ccc(Oc2ccc([S+](c3ccccc3)c3ccccc3)cc2)cc1.Cc1ccc([S+](c2ccccc2)c2ccc(Oc3ccccc3)cc2)cc1. The van der Waals surface area contributed by atoms with Crippen molar-refractivity contribution in [2.45, 2.75) is 62.5 Å². The van der Waals surface area contributed by atoms with E-state index in [1.165, 1.54) is 40.5 Å². The molecule has 0 fully saturated rings. The van der Waals surface area contributed by atoms with Crippen LogP contribution in [0, 0.1) is 6.92 Å². The zero-order valence-corrected chi connectivity index (χ0v) is 34.6. The fourth-order valence-electron chi connectivity index (χ4n) is 6.23. The van der Waals surface area contributed by atoms with Gasteiger partial charge in [-0.05, 0) is 139 Å². The molecule has 57 heavy (non-hydrogen) atoms. The summed E-state index contributed by atoms with van der Waals surface area (Å²) in [4.78, 5) is 7.83. The summed E-state index contributed by atoms with van der Waals surface area (Å²) < 4.78 is 12.0. The number of hydrogen-bond acceptors (Lipinski definition) is 2. The summed E-state index contributed by atoms with van der Waals surface area (Å²) >= 11 is 0. The molecule has 0 N–H and O–H groups in total. The lowest BCUT2D eigenvalue weighted by molar-refractivity contribution is 0.481. The van der Waals surface area contributed by atoms with Gasteiger partial charge in [-0.1, -0.05) is 123 Å². The highest BCUT2D eigenvalue weighted by Crippen LogP contribution is 2.35. The summed E-state index contributed by atoms with van der Waals surface area (Å²) in [6, 6.07) is 76.2. The zero-order valence-electron chi connectivity index (χ0n) is 32.9. The first-order chi connectivity index (χ1) is 27.8. The first-order valence-electron chi connectivity index (χ1n) is 19.2. The van der Waals surface area contributed by atoms with Gasteiger partial charge in [0.15, 0.2) is 29.4 Å². The van der Waals surface area contributed by atoms with Gasteiger partial charge in [-0.3, -0.25) is 0 Å². The second kappa shape index (κ2) is 18.8. The van der Waals surface area contributed by atoms with Crippen LogP contribution >= 0.6 is 0 Å². The molecule has 8 rings (SSSR count). The quantitative estimate of drug-likeness (QED) is 0.129. The van der Waals surface area contributed by atoms with E-state index < -0.39 is 0 Å². The smallest absolute Gasteiger partial charge is 0.166 e. The highest BCUT2D eigenvalue weighted by atomic mass is 32.2. The molecule has 0 amide bonds. The van der Waals surface area contributed by atoms with Crippen LogP contribution in [0.15, 0.2) is 248 Å². The van der Waals surface area contributed by atoms with E-state index in [0.29, 0.717) is 0 Å². The van der Waals surface area contributed by atoms with Crippen LogP contribution in [0.5, 0.6) is 23.0 Å². The molecule has 1 atom stereocenters. The zero-order chi connectivity index (χ0) is 39.5. The first-order valence-corrected chi connectivity index (χ1v) is 21.7. The Balaban J connectivity index is 0.000000175. The maximum Gasteiger partial charge on any atom is 0.166 e. The Kier molecular flexibility index (Phi) is 13.0. The number of aryl methyl sites for hydroxylation is 1. The minimum atomic E-state index is -0.138. The van der Waals surface area contributed by atoms with Gasteiger partial charge in [0.05, 0.1) is 21.8 Å². The Morgan fingerprint density at radius 2 is 0.561 bits per heavy atom. The molecule has 8 aromatic rings. The second-order valence-electron chi connectivity index (χ2n) is 14.6. The van der Waals surface area contributed by atoms with Gasteiger partial charge in [-0.15, -0.1) is 0 Å². The van der Waals surface area contributed by atoms with Crippen molar-refractivity contribution in [3.8, 4) is 23.0 Å². The van der Waals surface area contributed by atoms with E-state index in [0.717, 1.165) is 23.0 Å². The lowest BCUT2D eigenvalue weighted by Crippen LogP contribution is -2.10. The molecule has 0 aliphatic heterocycles. The molecule has 8 aromatic carbocycles. The van der Waals surface area contributed by atoms with Crippen LogP contribution in [0.4, 0.5) is 0 Å². The number of ether oxygens (including phenoxy) is 2. The summed E-state index contributed by atoms with van der Waals surface area (Å²) in [5.74, 6) is 3.42. The van der Waals surface area contributed by atoms with Crippen LogP contribution < -0.4 is 9.47 Å². The normalized spacial score (nSPS) is 11.6. The van der Waals surface area contributed by atoms with E-state index >= 15 is 0 Å². The number of para-hydroxylation sites is 1. The Labute approximate surface area is 344 Å².